The molecule has 0 atom stereocenters. The first-order valence-corrected chi connectivity index (χ1v) is 11.8. The van der Waals surface area contributed by atoms with E-state index >= 15 is 0 Å². The Morgan fingerprint density at radius 3 is 2.00 bits per heavy atom. The SMILES string of the molecule is COC(=O)C1=CC=C(C)C2=C(C)C=C(C(C)(C)C)C=C(/C=C/c3ccc(OC)cc3)C2=C1C(=O)OC. The van der Waals surface area contributed by atoms with Gasteiger partial charge in [-0.15, -0.1) is 0 Å². The zero-order valence-electron chi connectivity index (χ0n) is 22.3. The highest BCUT2D eigenvalue weighted by Crippen LogP contribution is 2.42. The number of esters is 2. The first-order chi connectivity index (χ1) is 17.0. The fourth-order valence-electron chi connectivity index (χ4n) is 4.28. The number of carbonyl (C=O) groups excluding carboxylic acids is 2. The zero-order valence-corrected chi connectivity index (χ0v) is 22.3. The Bertz CT molecular complexity index is 1280. The van der Waals surface area contributed by atoms with E-state index in [-0.39, 0.29) is 16.6 Å². The standard InChI is InChI=1S/C31H34O5/c1-19-9-16-25(29(32)35-7)28(30(33)36-8)27-22(13-10-21-11-14-24(34-6)15-12-21)18-23(31(3,4)5)17-20(2)26(19)27/h9-18H,1-8H3/b13-10+. The van der Waals surface area contributed by atoms with Crippen LogP contribution < -0.4 is 4.74 Å². The van der Waals surface area contributed by atoms with Gasteiger partial charge < -0.3 is 14.2 Å². The minimum Gasteiger partial charge on any atom is -0.497 e. The molecule has 0 unspecified atom stereocenters. The predicted molar refractivity (Wildman–Crippen MR) is 143 cm³/mol. The van der Waals surface area contributed by atoms with Crippen molar-refractivity contribution in [3.8, 4) is 5.75 Å². The lowest BCUT2D eigenvalue weighted by atomic mass is 9.83. The van der Waals surface area contributed by atoms with Gasteiger partial charge in [0.1, 0.15) is 5.75 Å². The Morgan fingerprint density at radius 1 is 0.806 bits per heavy atom. The summed E-state index contributed by atoms with van der Waals surface area (Å²) in [7, 11) is 4.25. The lowest BCUT2D eigenvalue weighted by molar-refractivity contribution is -0.139. The quantitative estimate of drug-likeness (QED) is 0.447. The first-order valence-electron chi connectivity index (χ1n) is 11.8. The number of benzene rings is 1. The van der Waals surface area contributed by atoms with Gasteiger partial charge in [0.25, 0.3) is 0 Å². The molecule has 1 aromatic rings. The Kier molecular flexibility index (Phi) is 8.03. The van der Waals surface area contributed by atoms with Crippen LogP contribution in [0.15, 0.2) is 99.2 Å². The van der Waals surface area contributed by atoms with E-state index in [1.807, 2.05) is 56.3 Å². The fourth-order valence-corrected chi connectivity index (χ4v) is 4.28. The molecule has 3 rings (SSSR count). The topological polar surface area (TPSA) is 61.8 Å². The van der Waals surface area contributed by atoms with Crippen molar-refractivity contribution < 1.29 is 23.8 Å². The van der Waals surface area contributed by atoms with Gasteiger partial charge in [-0.25, -0.2) is 9.59 Å². The molecule has 0 radical (unpaired) electrons. The van der Waals surface area contributed by atoms with Crippen molar-refractivity contribution in [2.24, 2.45) is 5.41 Å². The van der Waals surface area contributed by atoms with Crippen molar-refractivity contribution in [1.82, 2.24) is 0 Å². The molecular weight excluding hydrogens is 452 g/mol. The highest BCUT2D eigenvalue weighted by atomic mass is 16.5. The Hall–Kier alpha value is -3.86. The van der Waals surface area contributed by atoms with Gasteiger partial charge in [-0.2, -0.15) is 0 Å². The molecule has 0 fully saturated rings. The molecule has 0 amide bonds. The molecule has 1 aromatic carbocycles. The number of allylic oxidation sites excluding steroid dienone is 11. The number of methoxy groups -OCH3 is 3. The smallest absolute Gasteiger partial charge is 0.339 e. The molecule has 0 saturated heterocycles. The Labute approximate surface area is 213 Å². The molecule has 0 bridgehead atoms. The van der Waals surface area contributed by atoms with Crippen molar-refractivity contribution in [1.29, 1.82) is 0 Å². The van der Waals surface area contributed by atoms with Gasteiger partial charge in [-0.05, 0) is 70.9 Å². The van der Waals surface area contributed by atoms with Gasteiger partial charge >= 0.3 is 11.9 Å². The van der Waals surface area contributed by atoms with Crippen LogP contribution in [0, 0.1) is 5.41 Å². The molecule has 0 aromatic heterocycles. The lowest BCUT2D eigenvalue weighted by Crippen LogP contribution is -2.18. The van der Waals surface area contributed by atoms with Crippen LogP contribution in [-0.4, -0.2) is 33.3 Å². The van der Waals surface area contributed by atoms with E-state index < -0.39 is 11.9 Å². The summed E-state index contributed by atoms with van der Waals surface area (Å²) in [5, 5.41) is 0. The Balaban J connectivity index is 2.39. The van der Waals surface area contributed by atoms with Gasteiger partial charge in [0.05, 0.1) is 32.5 Å². The molecule has 2 aliphatic carbocycles. The van der Waals surface area contributed by atoms with Crippen LogP contribution >= 0.6 is 0 Å². The summed E-state index contributed by atoms with van der Waals surface area (Å²) in [6.45, 7) is 10.5. The van der Waals surface area contributed by atoms with E-state index in [2.05, 4.69) is 32.9 Å². The van der Waals surface area contributed by atoms with E-state index in [1.165, 1.54) is 14.2 Å². The summed E-state index contributed by atoms with van der Waals surface area (Å²) in [6, 6.07) is 7.71. The molecule has 0 N–H and O–H groups in total. The molecule has 0 saturated carbocycles. The van der Waals surface area contributed by atoms with Crippen LogP contribution in [0.2, 0.25) is 0 Å². The summed E-state index contributed by atoms with van der Waals surface area (Å²) in [6.07, 6.45) is 11.7. The third-order valence-electron chi connectivity index (χ3n) is 6.26. The summed E-state index contributed by atoms with van der Waals surface area (Å²) in [4.78, 5) is 26.1. The third kappa shape index (κ3) is 5.51. The maximum Gasteiger partial charge on any atom is 0.339 e. The summed E-state index contributed by atoms with van der Waals surface area (Å²) < 4.78 is 15.5. The van der Waals surface area contributed by atoms with Crippen LogP contribution in [0.4, 0.5) is 0 Å². The van der Waals surface area contributed by atoms with Crippen LogP contribution in [0.5, 0.6) is 5.75 Å². The van der Waals surface area contributed by atoms with E-state index in [0.29, 0.717) is 5.57 Å². The van der Waals surface area contributed by atoms with Gasteiger partial charge in [-0.1, -0.05) is 63.3 Å². The number of ether oxygens (including phenoxy) is 3. The molecule has 5 nitrogen and oxygen atoms in total. The Morgan fingerprint density at radius 2 is 1.44 bits per heavy atom. The van der Waals surface area contributed by atoms with E-state index in [4.69, 9.17) is 14.2 Å². The zero-order chi connectivity index (χ0) is 26.6. The maximum atomic E-state index is 13.2. The van der Waals surface area contributed by atoms with E-state index in [0.717, 1.165) is 39.2 Å². The molecule has 2 aliphatic rings. The number of hydrogen-bond acceptors (Lipinski definition) is 5. The fraction of sp³-hybridized carbons (Fsp3) is 0.290. The van der Waals surface area contributed by atoms with Crippen molar-refractivity contribution in [3.63, 3.8) is 0 Å². The van der Waals surface area contributed by atoms with Crippen molar-refractivity contribution in [2.45, 2.75) is 34.6 Å². The number of hydrogen-bond donors (Lipinski definition) is 0. The molecule has 0 aliphatic heterocycles. The second-order valence-electron chi connectivity index (χ2n) is 9.78. The van der Waals surface area contributed by atoms with Crippen LogP contribution in [0.1, 0.15) is 40.2 Å². The summed E-state index contributed by atoms with van der Waals surface area (Å²) in [5.74, 6) is -0.428. The molecule has 36 heavy (non-hydrogen) atoms. The lowest BCUT2D eigenvalue weighted by Gasteiger charge is -2.21. The number of carbonyl (C=O) groups is 2. The largest absolute Gasteiger partial charge is 0.497 e. The average Bonchev–Trinajstić information content (AvgIpc) is 3.10. The normalized spacial score (nSPS) is 16.3. The van der Waals surface area contributed by atoms with E-state index in [9.17, 15) is 9.59 Å². The van der Waals surface area contributed by atoms with Gasteiger partial charge in [0, 0.05) is 5.57 Å². The van der Waals surface area contributed by atoms with E-state index in [1.54, 1.807) is 13.2 Å². The summed E-state index contributed by atoms with van der Waals surface area (Å²) in [5.41, 5.74) is 6.49. The number of fused-ring (bicyclic) bond motifs is 1. The number of rotatable bonds is 5. The molecule has 5 heteroatoms. The predicted octanol–water partition coefficient (Wildman–Crippen LogP) is 6.47. The van der Waals surface area contributed by atoms with Crippen molar-refractivity contribution in [2.75, 3.05) is 21.3 Å². The second kappa shape index (κ2) is 10.8. The van der Waals surface area contributed by atoms with Crippen LogP contribution in [0.25, 0.3) is 6.08 Å². The monoisotopic (exact) mass is 486 g/mol. The van der Waals surface area contributed by atoms with Gasteiger partial charge in [0.2, 0.25) is 0 Å². The minimum atomic E-state index is -0.599. The van der Waals surface area contributed by atoms with Gasteiger partial charge in [-0.3, -0.25) is 0 Å². The van der Waals surface area contributed by atoms with Crippen molar-refractivity contribution >= 4 is 18.0 Å². The van der Waals surface area contributed by atoms with Crippen molar-refractivity contribution in [3.05, 3.63) is 105 Å². The molecule has 0 heterocycles. The first kappa shape index (κ1) is 26.7. The second-order valence-corrected chi connectivity index (χ2v) is 9.78. The third-order valence-corrected chi connectivity index (χ3v) is 6.26. The van der Waals surface area contributed by atoms with Gasteiger partial charge in [0.15, 0.2) is 0 Å². The molecule has 188 valence electrons. The highest BCUT2D eigenvalue weighted by molar-refractivity contribution is 6.09. The average molecular weight is 487 g/mol. The molecular formula is C31H34O5. The summed E-state index contributed by atoms with van der Waals surface area (Å²) >= 11 is 0. The van der Waals surface area contributed by atoms with Crippen LogP contribution in [0.3, 0.4) is 0 Å². The maximum absolute atomic E-state index is 13.2. The highest BCUT2D eigenvalue weighted by Gasteiger charge is 2.33. The van der Waals surface area contributed by atoms with Crippen LogP contribution in [-0.2, 0) is 19.1 Å². The minimum absolute atomic E-state index is 0.157. The molecule has 0 spiro atoms.